The second kappa shape index (κ2) is 8.87. The van der Waals surface area contributed by atoms with E-state index in [0.29, 0.717) is 16.8 Å². The van der Waals surface area contributed by atoms with Crippen molar-refractivity contribution in [1.29, 1.82) is 0 Å². The molecule has 0 aromatic heterocycles. The zero-order valence-electron chi connectivity index (χ0n) is 15.5. The van der Waals surface area contributed by atoms with E-state index in [1.165, 1.54) is 36.2 Å². The number of hydrogen-bond acceptors (Lipinski definition) is 3. The molecule has 7 heteroatoms. The van der Waals surface area contributed by atoms with Gasteiger partial charge in [-0.15, -0.1) is 0 Å². The number of rotatable bonds is 5. The number of aromatic hydroxyl groups is 1. The number of carbonyl (C=O) groups excluding carboxylic acids is 2. The Hall–Kier alpha value is -3.19. The largest absolute Gasteiger partial charge is 0.507 e. The molecule has 2 N–H and O–H groups in total. The first-order chi connectivity index (χ1) is 13.8. The molecule has 2 amide bonds. The van der Waals surface area contributed by atoms with Crippen LogP contribution >= 0.6 is 15.9 Å². The molecule has 0 saturated heterocycles. The third kappa shape index (κ3) is 5.00. The summed E-state index contributed by atoms with van der Waals surface area (Å²) in [6.45, 7) is 0.0618. The molecule has 0 aliphatic heterocycles. The average Bonchev–Trinajstić information content (AvgIpc) is 2.69. The molecule has 3 aromatic carbocycles. The van der Waals surface area contributed by atoms with E-state index in [4.69, 9.17) is 0 Å². The molecule has 0 saturated carbocycles. The van der Waals surface area contributed by atoms with Crippen LogP contribution in [0.4, 0.5) is 10.1 Å². The number of phenolic OH excluding ortho intramolecular Hbond substituents is 1. The molecule has 29 heavy (non-hydrogen) atoms. The maximum Gasteiger partial charge on any atom is 0.257 e. The minimum atomic E-state index is -0.462. The van der Waals surface area contributed by atoms with Crippen LogP contribution in [0, 0.1) is 5.82 Å². The van der Waals surface area contributed by atoms with Gasteiger partial charge in [-0.2, -0.15) is 0 Å². The van der Waals surface area contributed by atoms with Crippen LogP contribution in [-0.4, -0.2) is 28.9 Å². The number of hydrogen-bond donors (Lipinski definition) is 2. The summed E-state index contributed by atoms with van der Waals surface area (Å²) in [5.74, 6) is -1.48. The van der Waals surface area contributed by atoms with Crippen molar-refractivity contribution in [2.75, 3.05) is 12.4 Å². The summed E-state index contributed by atoms with van der Waals surface area (Å²) in [4.78, 5) is 26.3. The summed E-state index contributed by atoms with van der Waals surface area (Å²) in [6.07, 6.45) is 0. The van der Waals surface area contributed by atoms with Crippen molar-refractivity contribution >= 4 is 33.4 Å². The monoisotopic (exact) mass is 456 g/mol. The maximum atomic E-state index is 13.8. The van der Waals surface area contributed by atoms with Gasteiger partial charge in [0.25, 0.3) is 11.8 Å². The third-order valence-corrected chi connectivity index (χ3v) is 4.78. The minimum absolute atomic E-state index is 0.0595. The minimum Gasteiger partial charge on any atom is -0.507 e. The van der Waals surface area contributed by atoms with E-state index in [-0.39, 0.29) is 23.8 Å². The number of benzene rings is 3. The van der Waals surface area contributed by atoms with Crippen LogP contribution in [0.15, 0.2) is 71.2 Å². The quantitative estimate of drug-likeness (QED) is 0.578. The van der Waals surface area contributed by atoms with E-state index in [9.17, 15) is 19.1 Å². The first-order valence-corrected chi connectivity index (χ1v) is 9.53. The van der Waals surface area contributed by atoms with E-state index in [1.807, 2.05) is 0 Å². The number of anilines is 1. The third-order valence-electron chi connectivity index (χ3n) is 4.28. The zero-order valence-corrected chi connectivity index (χ0v) is 17.1. The van der Waals surface area contributed by atoms with E-state index in [2.05, 4.69) is 21.2 Å². The van der Waals surface area contributed by atoms with Crippen LogP contribution in [0.2, 0.25) is 0 Å². The van der Waals surface area contributed by atoms with Gasteiger partial charge in [-0.05, 0) is 36.4 Å². The molecule has 148 valence electrons. The number of nitrogens with zero attached hydrogens (tertiary/aromatic N) is 1. The Morgan fingerprint density at radius 2 is 1.83 bits per heavy atom. The molecule has 0 atom stereocenters. The van der Waals surface area contributed by atoms with Crippen molar-refractivity contribution in [2.45, 2.75) is 6.54 Å². The Morgan fingerprint density at radius 1 is 1.07 bits per heavy atom. The number of nitrogens with one attached hydrogen (secondary N) is 1. The molecule has 0 bridgehead atoms. The van der Waals surface area contributed by atoms with Gasteiger partial charge < -0.3 is 15.3 Å². The fourth-order valence-electron chi connectivity index (χ4n) is 2.78. The topological polar surface area (TPSA) is 69.6 Å². The first-order valence-electron chi connectivity index (χ1n) is 8.74. The van der Waals surface area contributed by atoms with Crippen LogP contribution in [0.1, 0.15) is 26.3 Å². The molecular formula is C22H18BrFN2O3. The normalized spacial score (nSPS) is 10.4. The predicted molar refractivity (Wildman–Crippen MR) is 112 cm³/mol. The summed E-state index contributed by atoms with van der Waals surface area (Å²) in [5, 5.41) is 13.0. The van der Waals surface area contributed by atoms with Gasteiger partial charge in [0.2, 0.25) is 0 Å². The Balaban J connectivity index is 1.72. The highest BCUT2D eigenvalue weighted by atomic mass is 79.9. The molecule has 0 aliphatic carbocycles. The van der Waals surface area contributed by atoms with Crippen LogP contribution in [0.5, 0.6) is 5.75 Å². The fraction of sp³-hybridized carbons (Fsp3) is 0.0909. The Labute approximate surface area is 175 Å². The van der Waals surface area contributed by atoms with Gasteiger partial charge in [0.05, 0.1) is 5.56 Å². The molecular weight excluding hydrogens is 439 g/mol. The van der Waals surface area contributed by atoms with Gasteiger partial charge in [0.15, 0.2) is 0 Å². The lowest BCUT2D eigenvalue weighted by Crippen LogP contribution is -2.26. The number of halogens is 2. The molecule has 3 rings (SSSR count). The predicted octanol–water partition coefficient (Wildman–Crippen LogP) is 4.82. The van der Waals surface area contributed by atoms with Crippen molar-refractivity contribution < 1.29 is 19.1 Å². The molecule has 0 aliphatic rings. The van der Waals surface area contributed by atoms with E-state index in [1.54, 1.807) is 42.5 Å². The van der Waals surface area contributed by atoms with Gasteiger partial charge in [0.1, 0.15) is 11.6 Å². The fourth-order valence-corrected chi connectivity index (χ4v) is 3.18. The standard InChI is InChI=1S/C22H18BrFN2O3/c1-26(13-15-5-2-3-8-19(15)24)22(29)18-10-9-17(12-20(18)27)25-21(28)14-6-4-7-16(23)11-14/h2-12,27H,13H2,1H3,(H,25,28). The second-order valence-electron chi connectivity index (χ2n) is 6.45. The van der Waals surface area contributed by atoms with E-state index in [0.717, 1.165) is 4.47 Å². The van der Waals surface area contributed by atoms with Crippen LogP contribution in [0.3, 0.4) is 0 Å². The molecule has 0 unspecified atom stereocenters. The highest BCUT2D eigenvalue weighted by Gasteiger charge is 2.18. The van der Waals surface area contributed by atoms with Gasteiger partial charge >= 0.3 is 0 Å². The van der Waals surface area contributed by atoms with Crippen LogP contribution in [-0.2, 0) is 6.54 Å². The van der Waals surface area contributed by atoms with Crippen LogP contribution < -0.4 is 5.32 Å². The maximum absolute atomic E-state index is 13.8. The molecule has 0 spiro atoms. The summed E-state index contributed by atoms with van der Waals surface area (Å²) in [7, 11) is 1.52. The molecule has 5 nitrogen and oxygen atoms in total. The molecule has 3 aromatic rings. The van der Waals surface area contributed by atoms with Gasteiger partial charge in [-0.1, -0.05) is 40.2 Å². The van der Waals surface area contributed by atoms with Gasteiger partial charge in [-0.3, -0.25) is 9.59 Å². The molecule has 0 fully saturated rings. The van der Waals surface area contributed by atoms with Crippen molar-refractivity contribution in [2.24, 2.45) is 0 Å². The smallest absolute Gasteiger partial charge is 0.257 e. The Bertz CT molecular complexity index is 1070. The lowest BCUT2D eigenvalue weighted by atomic mass is 10.1. The highest BCUT2D eigenvalue weighted by Crippen LogP contribution is 2.24. The van der Waals surface area contributed by atoms with Crippen LogP contribution in [0.25, 0.3) is 0 Å². The molecule has 0 heterocycles. The lowest BCUT2D eigenvalue weighted by molar-refractivity contribution is 0.0780. The van der Waals surface area contributed by atoms with Gasteiger partial charge in [0, 0.05) is 40.9 Å². The Kier molecular flexibility index (Phi) is 6.29. The summed E-state index contributed by atoms with van der Waals surface area (Å²) < 4.78 is 14.6. The SMILES string of the molecule is CN(Cc1ccccc1F)C(=O)c1ccc(NC(=O)c2cccc(Br)c2)cc1O. The summed E-state index contributed by atoms with van der Waals surface area (Å²) >= 11 is 3.31. The first kappa shape index (κ1) is 20.5. The Morgan fingerprint density at radius 3 is 2.52 bits per heavy atom. The molecule has 0 radical (unpaired) electrons. The van der Waals surface area contributed by atoms with Crippen molar-refractivity contribution in [3.8, 4) is 5.75 Å². The van der Waals surface area contributed by atoms with E-state index < -0.39 is 11.7 Å². The lowest BCUT2D eigenvalue weighted by Gasteiger charge is -2.18. The van der Waals surface area contributed by atoms with Crippen molar-refractivity contribution in [3.05, 3.63) is 93.7 Å². The summed E-state index contributed by atoms with van der Waals surface area (Å²) in [6, 6.07) is 17.3. The number of amides is 2. The van der Waals surface area contributed by atoms with Gasteiger partial charge in [-0.25, -0.2) is 4.39 Å². The van der Waals surface area contributed by atoms with E-state index >= 15 is 0 Å². The number of phenols is 1. The van der Waals surface area contributed by atoms with Crippen molar-refractivity contribution in [3.63, 3.8) is 0 Å². The number of carbonyl (C=O) groups is 2. The van der Waals surface area contributed by atoms with Crippen molar-refractivity contribution in [1.82, 2.24) is 4.90 Å². The summed E-state index contributed by atoms with van der Waals surface area (Å²) in [5.41, 5.74) is 1.23. The highest BCUT2D eigenvalue weighted by molar-refractivity contribution is 9.10. The second-order valence-corrected chi connectivity index (χ2v) is 7.36. The zero-order chi connectivity index (χ0) is 21.0. The average molecular weight is 457 g/mol.